The third-order valence-corrected chi connectivity index (χ3v) is 5.90. The summed E-state index contributed by atoms with van der Waals surface area (Å²) in [6, 6.07) is 12.5. The van der Waals surface area contributed by atoms with Crippen molar-refractivity contribution in [2.75, 3.05) is 38.1 Å². The van der Waals surface area contributed by atoms with Gasteiger partial charge in [0.15, 0.2) is 0 Å². The van der Waals surface area contributed by atoms with Crippen molar-refractivity contribution in [2.24, 2.45) is 0 Å². The first-order valence-corrected chi connectivity index (χ1v) is 11.7. The van der Waals surface area contributed by atoms with Gasteiger partial charge in [-0.2, -0.15) is 0 Å². The Morgan fingerprint density at radius 1 is 0.971 bits per heavy atom. The van der Waals surface area contributed by atoms with Crippen LogP contribution in [0.25, 0.3) is 0 Å². The lowest BCUT2D eigenvalue weighted by molar-refractivity contribution is -0.137. The number of rotatable bonds is 7. The third-order valence-electron chi connectivity index (χ3n) is 5.90. The van der Waals surface area contributed by atoms with Gasteiger partial charge in [-0.25, -0.2) is 4.79 Å². The Kier molecular flexibility index (Phi) is 8.51. The monoisotopic (exact) mass is 466 g/mol. The number of urea groups is 1. The highest BCUT2D eigenvalue weighted by Gasteiger charge is 2.30. The van der Waals surface area contributed by atoms with Crippen molar-refractivity contribution in [2.45, 2.75) is 40.2 Å². The Hall–Kier alpha value is -3.55. The van der Waals surface area contributed by atoms with Crippen LogP contribution in [0, 0.1) is 13.8 Å². The topological polar surface area (TPSA) is 91.0 Å². The summed E-state index contributed by atoms with van der Waals surface area (Å²) in [6.45, 7) is 9.62. The molecule has 0 spiro atoms. The van der Waals surface area contributed by atoms with Crippen LogP contribution in [0.15, 0.2) is 42.5 Å². The molecule has 0 bridgehead atoms. The van der Waals surface area contributed by atoms with Gasteiger partial charge in [-0.3, -0.25) is 9.59 Å². The van der Waals surface area contributed by atoms with E-state index in [-0.39, 0.29) is 17.8 Å². The van der Waals surface area contributed by atoms with E-state index in [1.54, 1.807) is 21.9 Å². The highest BCUT2D eigenvalue weighted by Crippen LogP contribution is 2.17. The van der Waals surface area contributed by atoms with Crippen LogP contribution < -0.4 is 15.4 Å². The van der Waals surface area contributed by atoms with Crippen LogP contribution in [-0.2, 0) is 16.0 Å². The molecule has 1 atom stereocenters. The smallest absolute Gasteiger partial charge is 0.321 e. The van der Waals surface area contributed by atoms with Crippen LogP contribution in [0.4, 0.5) is 10.5 Å². The lowest BCUT2D eigenvalue weighted by atomic mass is 9.98. The highest BCUT2D eigenvalue weighted by atomic mass is 16.5. The van der Waals surface area contributed by atoms with Gasteiger partial charge in [0.2, 0.25) is 11.8 Å². The fourth-order valence-electron chi connectivity index (χ4n) is 4.04. The molecule has 1 fully saturated rings. The van der Waals surface area contributed by atoms with Crippen molar-refractivity contribution in [3.8, 4) is 5.75 Å². The standard InChI is InChI=1S/C26H34N4O4/c1-5-34-23-10-8-22(9-11-23)28-26(33)30-14-12-29(13-15-30)25(32)24(27-20(4)31)17-21-16-18(2)6-7-19(21)3/h6-11,16,24H,5,12-15,17H2,1-4H3,(H,27,31)(H,28,33)/t24-/m0/s1. The summed E-state index contributed by atoms with van der Waals surface area (Å²) in [5.74, 6) is 0.391. The summed E-state index contributed by atoms with van der Waals surface area (Å²) >= 11 is 0. The van der Waals surface area contributed by atoms with Crippen molar-refractivity contribution in [3.05, 3.63) is 59.2 Å². The number of carbonyl (C=O) groups excluding carboxylic acids is 3. The number of anilines is 1. The number of ether oxygens (including phenoxy) is 1. The fraction of sp³-hybridized carbons (Fsp3) is 0.423. The lowest BCUT2D eigenvalue weighted by Crippen LogP contribution is -2.56. The molecule has 1 saturated heterocycles. The number of hydrogen-bond donors (Lipinski definition) is 2. The van der Waals surface area contributed by atoms with E-state index in [0.717, 1.165) is 22.4 Å². The molecule has 4 amide bonds. The molecular weight excluding hydrogens is 432 g/mol. The summed E-state index contributed by atoms with van der Waals surface area (Å²) < 4.78 is 5.42. The minimum absolute atomic E-state index is 0.123. The first kappa shape index (κ1) is 25.1. The second kappa shape index (κ2) is 11.5. The highest BCUT2D eigenvalue weighted by molar-refractivity contribution is 5.90. The molecule has 1 heterocycles. The van der Waals surface area contributed by atoms with Gasteiger partial charge in [0, 0.05) is 45.2 Å². The number of piperazine rings is 1. The van der Waals surface area contributed by atoms with Crippen LogP contribution in [0.5, 0.6) is 5.75 Å². The van der Waals surface area contributed by atoms with Gasteiger partial charge in [-0.1, -0.05) is 23.8 Å². The van der Waals surface area contributed by atoms with Crippen molar-refractivity contribution in [1.82, 2.24) is 15.1 Å². The molecule has 8 nitrogen and oxygen atoms in total. The molecule has 2 aromatic carbocycles. The second-order valence-electron chi connectivity index (χ2n) is 8.59. The summed E-state index contributed by atoms with van der Waals surface area (Å²) in [4.78, 5) is 41.2. The summed E-state index contributed by atoms with van der Waals surface area (Å²) in [5.41, 5.74) is 3.93. The van der Waals surface area contributed by atoms with Crippen molar-refractivity contribution in [3.63, 3.8) is 0 Å². The maximum absolute atomic E-state index is 13.3. The molecule has 3 rings (SSSR count). The molecule has 8 heteroatoms. The van der Waals surface area contributed by atoms with Gasteiger partial charge in [0.1, 0.15) is 11.8 Å². The van der Waals surface area contributed by atoms with Gasteiger partial charge >= 0.3 is 6.03 Å². The molecule has 0 unspecified atom stereocenters. The van der Waals surface area contributed by atoms with Gasteiger partial charge in [0.05, 0.1) is 6.61 Å². The number of benzene rings is 2. The number of nitrogens with zero attached hydrogens (tertiary/aromatic N) is 2. The van der Waals surface area contributed by atoms with Gasteiger partial charge in [-0.05, 0) is 56.2 Å². The molecular formula is C26H34N4O4. The lowest BCUT2D eigenvalue weighted by Gasteiger charge is -2.36. The Morgan fingerprint density at radius 3 is 2.24 bits per heavy atom. The zero-order valence-electron chi connectivity index (χ0n) is 20.4. The zero-order valence-corrected chi connectivity index (χ0v) is 20.4. The average Bonchev–Trinajstić information content (AvgIpc) is 2.81. The number of carbonyl (C=O) groups is 3. The van der Waals surface area contributed by atoms with Gasteiger partial charge < -0.3 is 25.2 Å². The first-order valence-electron chi connectivity index (χ1n) is 11.7. The van der Waals surface area contributed by atoms with Crippen LogP contribution >= 0.6 is 0 Å². The number of hydrogen-bond acceptors (Lipinski definition) is 4. The van der Waals surface area contributed by atoms with Gasteiger partial charge in [0.25, 0.3) is 0 Å². The van der Waals surface area contributed by atoms with E-state index in [0.29, 0.717) is 44.9 Å². The van der Waals surface area contributed by atoms with E-state index in [4.69, 9.17) is 4.74 Å². The van der Waals surface area contributed by atoms with Crippen LogP contribution in [0.3, 0.4) is 0 Å². The minimum atomic E-state index is -0.637. The molecule has 2 aromatic rings. The Labute approximate surface area is 201 Å². The summed E-state index contributed by atoms with van der Waals surface area (Å²) in [7, 11) is 0. The molecule has 0 saturated carbocycles. The molecule has 1 aliphatic rings. The van der Waals surface area contributed by atoms with Crippen LogP contribution in [0.1, 0.15) is 30.5 Å². The largest absolute Gasteiger partial charge is 0.494 e. The molecule has 0 aliphatic carbocycles. The Balaban J connectivity index is 1.58. The predicted octanol–water partition coefficient (Wildman–Crippen LogP) is 3.13. The molecule has 182 valence electrons. The Bertz CT molecular complexity index is 1010. The fourth-order valence-corrected chi connectivity index (χ4v) is 4.04. The van der Waals surface area contributed by atoms with Crippen molar-refractivity contribution < 1.29 is 19.1 Å². The van der Waals surface area contributed by atoms with E-state index < -0.39 is 6.04 Å². The molecule has 2 N–H and O–H groups in total. The number of amides is 4. The van der Waals surface area contributed by atoms with Crippen molar-refractivity contribution >= 4 is 23.5 Å². The van der Waals surface area contributed by atoms with E-state index in [9.17, 15) is 14.4 Å². The van der Waals surface area contributed by atoms with Crippen LogP contribution in [0.2, 0.25) is 0 Å². The predicted molar refractivity (Wildman–Crippen MR) is 132 cm³/mol. The van der Waals surface area contributed by atoms with E-state index in [1.165, 1.54) is 6.92 Å². The Morgan fingerprint density at radius 2 is 1.62 bits per heavy atom. The number of nitrogens with one attached hydrogen (secondary N) is 2. The average molecular weight is 467 g/mol. The maximum atomic E-state index is 13.3. The van der Waals surface area contributed by atoms with Crippen molar-refractivity contribution in [1.29, 1.82) is 0 Å². The van der Waals surface area contributed by atoms with E-state index in [1.807, 2.05) is 45.0 Å². The molecule has 0 radical (unpaired) electrons. The third kappa shape index (κ3) is 6.73. The first-order chi connectivity index (χ1) is 16.3. The van der Waals surface area contributed by atoms with Gasteiger partial charge in [-0.15, -0.1) is 0 Å². The van der Waals surface area contributed by atoms with E-state index in [2.05, 4.69) is 16.7 Å². The number of aryl methyl sites for hydroxylation is 2. The zero-order chi connectivity index (χ0) is 24.7. The summed E-state index contributed by atoms with van der Waals surface area (Å²) in [6.07, 6.45) is 0.435. The molecule has 1 aliphatic heterocycles. The SMILES string of the molecule is CCOc1ccc(NC(=O)N2CCN(C(=O)[C@H](Cc3cc(C)ccc3C)NC(C)=O)CC2)cc1. The minimum Gasteiger partial charge on any atom is -0.494 e. The molecule has 0 aromatic heterocycles. The summed E-state index contributed by atoms with van der Waals surface area (Å²) in [5, 5.41) is 5.71. The van der Waals surface area contributed by atoms with E-state index >= 15 is 0 Å². The quantitative estimate of drug-likeness (QED) is 0.656. The second-order valence-corrected chi connectivity index (χ2v) is 8.59. The maximum Gasteiger partial charge on any atom is 0.321 e. The molecule has 34 heavy (non-hydrogen) atoms. The normalized spacial score (nSPS) is 14.4. The van der Waals surface area contributed by atoms with Crippen LogP contribution in [-0.4, -0.2) is 66.5 Å².